The molecule has 2 aromatic carbocycles. The highest BCUT2D eigenvalue weighted by Crippen LogP contribution is 2.29. The van der Waals surface area contributed by atoms with Gasteiger partial charge in [-0.3, -0.25) is 4.79 Å². The fourth-order valence-corrected chi connectivity index (χ4v) is 4.01. The Morgan fingerprint density at radius 3 is 2.96 bits per heavy atom. The van der Waals surface area contributed by atoms with Gasteiger partial charge >= 0.3 is 5.91 Å². The van der Waals surface area contributed by atoms with Gasteiger partial charge in [0, 0.05) is 5.39 Å². The topological polar surface area (TPSA) is 56.7 Å². The molecule has 0 fully saturated rings. The van der Waals surface area contributed by atoms with Gasteiger partial charge in [-0.1, -0.05) is 35.5 Å². The molecule has 28 heavy (non-hydrogen) atoms. The summed E-state index contributed by atoms with van der Waals surface area (Å²) in [6, 6.07) is 11.8. The molecule has 0 aliphatic rings. The molecule has 0 unspecified atom stereocenters. The average molecular weight is 394 g/mol. The molecule has 1 amide bonds. The molecule has 0 saturated heterocycles. The third-order valence-electron chi connectivity index (χ3n) is 4.12. The van der Waals surface area contributed by atoms with E-state index in [-0.39, 0.29) is 12.3 Å². The molecule has 7 heteroatoms. The number of carbonyl (C=O) groups is 1. The van der Waals surface area contributed by atoms with Crippen molar-refractivity contribution in [2.24, 2.45) is 4.99 Å². The second-order valence-electron chi connectivity index (χ2n) is 5.90. The summed E-state index contributed by atoms with van der Waals surface area (Å²) in [6.07, 6.45) is 5.42. The number of terminal acetylenes is 1. The molecule has 0 saturated carbocycles. The Morgan fingerprint density at radius 2 is 2.18 bits per heavy atom. The summed E-state index contributed by atoms with van der Waals surface area (Å²) >= 11 is 1.19. The zero-order valence-corrected chi connectivity index (χ0v) is 15.8. The van der Waals surface area contributed by atoms with E-state index in [9.17, 15) is 9.18 Å². The van der Waals surface area contributed by atoms with E-state index < -0.39 is 11.7 Å². The Bertz CT molecular complexity index is 1310. The number of hydrogen-bond donors (Lipinski definition) is 0. The van der Waals surface area contributed by atoms with Gasteiger partial charge in [0.05, 0.1) is 23.4 Å². The van der Waals surface area contributed by atoms with Crippen LogP contribution in [0.2, 0.25) is 0 Å². The van der Waals surface area contributed by atoms with Crippen LogP contribution in [0.25, 0.3) is 21.2 Å². The largest absolute Gasteiger partial charge is 0.490 e. The minimum atomic E-state index is -0.573. The molecule has 0 aliphatic heterocycles. The molecule has 2 heterocycles. The predicted molar refractivity (Wildman–Crippen MR) is 106 cm³/mol. The highest BCUT2D eigenvalue weighted by molar-refractivity contribution is 7.16. The molecule has 0 spiro atoms. The first-order valence-corrected chi connectivity index (χ1v) is 9.39. The maximum atomic E-state index is 14.3. The quantitative estimate of drug-likeness (QED) is 0.483. The van der Waals surface area contributed by atoms with Crippen molar-refractivity contribution < 1.29 is 18.3 Å². The molecule has 2 aromatic heterocycles. The van der Waals surface area contributed by atoms with Crippen LogP contribution in [0, 0.1) is 18.2 Å². The Kier molecular flexibility index (Phi) is 4.72. The number of ether oxygens (including phenoxy) is 1. The van der Waals surface area contributed by atoms with Crippen molar-refractivity contribution in [2.45, 2.75) is 13.5 Å². The number of thiazole rings is 1. The van der Waals surface area contributed by atoms with Crippen LogP contribution in [0.1, 0.15) is 17.5 Å². The summed E-state index contributed by atoms with van der Waals surface area (Å²) in [7, 11) is 0. The second-order valence-corrected chi connectivity index (χ2v) is 6.91. The molecule has 0 radical (unpaired) electrons. The van der Waals surface area contributed by atoms with Crippen LogP contribution in [0.3, 0.4) is 0 Å². The lowest BCUT2D eigenvalue weighted by atomic mass is 10.2. The smallest absolute Gasteiger partial charge is 0.315 e. The zero-order valence-electron chi connectivity index (χ0n) is 14.9. The number of nitrogens with zero attached hydrogens (tertiary/aromatic N) is 2. The van der Waals surface area contributed by atoms with E-state index in [0.29, 0.717) is 33.0 Å². The molecule has 0 atom stereocenters. The average Bonchev–Trinajstić information content (AvgIpc) is 3.26. The number of aromatic nitrogens is 1. The monoisotopic (exact) mass is 394 g/mol. The Balaban J connectivity index is 1.84. The van der Waals surface area contributed by atoms with Crippen molar-refractivity contribution in [2.75, 3.05) is 6.61 Å². The SMILES string of the molecule is C#CCn1c(=NC(=O)c2cc3cccc(OCC)c3o2)sc2cccc(F)c21. The van der Waals surface area contributed by atoms with Crippen molar-refractivity contribution in [3.8, 4) is 18.1 Å². The number of furan rings is 1. The molecular formula is C21H15FN2O3S. The van der Waals surface area contributed by atoms with E-state index >= 15 is 0 Å². The number of fused-ring (bicyclic) bond motifs is 2. The lowest BCUT2D eigenvalue weighted by Gasteiger charge is -2.02. The zero-order chi connectivity index (χ0) is 19.7. The highest BCUT2D eigenvalue weighted by Gasteiger charge is 2.16. The third kappa shape index (κ3) is 3.08. The standard InChI is InChI=1S/C21H15FN2O3S/c1-3-11-24-18-14(22)8-6-10-17(18)28-21(24)23-20(25)16-12-13-7-5-9-15(26-4-2)19(13)27-16/h1,5-10,12H,4,11H2,2H3. The summed E-state index contributed by atoms with van der Waals surface area (Å²) in [6.45, 7) is 2.45. The van der Waals surface area contributed by atoms with Crippen LogP contribution in [0.15, 0.2) is 51.9 Å². The molecule has 5 nitrogen and oxygen atoms in total. The molecule has 140 valence electrons. The van der Waals surface area contributed by atoms with Crippen LogP contribution in [-0.4, -0.2) is 17.1 Å². The lowest BCUT2D eigenvalue weighted by Crippen LogP contribution is -2.16. The summed E-state index contributed by atoms with van der Waals surface area (Å²) in [4.78, 5) is 17.2. The van der Waals surface area contributed by atoms with Crippen molar-refractivity contribution in [3.63, 3.8) is 0 Å². The first-order chi connectivity index (χ1) is 13.6. The molecule has 4 rings (SSSR count). The Hall–Kier alpha value is -3.37. The Morgan fingerprint density at radius 1 is 1.36 bits per heavy atom. The molecule has 4 aromatic rings. The van der Waals surface area contributed by atoms with E-state index in [1.54, 1.807) is 24.3 Å². The maximum Gasteiger partial charge on any atom is 0.315 e. The minimum absolute atomic E-state index is 0.0762. The van der Waals surface area contributed by atoms with Gasteiger partial charge < -0.3 is 13.7 Å². The van der Waals surface area contributed by atoms with E-state index in [1.807, 2.05) is 19.1 Å². The summed E-state index contributed by atoms with van der Waals surface area (Å²) < 4.78 is 27.7. The van der Waals surface area contributed by atoms with Crippen LogP contribution >= 0.6 is 11.3 Å². The van der Waals surface area contributed by atoms with Crippen LogP contribution in [0.5, 0.6) is 5.75 Å². The number of carbonyl (C=O) groups excluding carboxylic acids is 1. The first kappa shape index (κ1) is 18.0. The highest BCUT2D eigenvalue weighted by atomic mass is 32.1. The number of rotatable bonds is 4. The second kappa shape index (κ2) is 7.33. The number of para-hydroxylation sites is 2. The minimum Gasteiger partial charge on any atom is -0.490 e. The Labute approximate surface area is 163 Å². The van der Waals surface area contributed by atoms with Crippen LogP contribution < -0.4 is 9.54 Å². The van der Waals surface area contributed by atoms with Crippen molar-refractivity contribution >= 4 is 38.4 Å². The number of benzene rings is 2. The summed E-state index contributed by atoms with van der Waals surface area (Å²) in [5.41, 5.74) is 0.821. The molecule has 0 N–H and O–H groups in total. The van der Waals surface area contributed by atoms with Crippen molar-refractivity contribution in [1.29, 1.82) is 0 Å². The molecule has 0 bridgehead atoms. The lowest BCUT2D eigenvalue weighted by molar-refractivity contribution is 0.0973. The fraction of sp³-hybridized carbons (Fsp3) is 0.143. The van der Waals surface area contributed by atoms with E-state index in [0.717, 1.165) is 5.39 Å². The number of halogens is 1. The van der Waals surface area contributed by atoms with Crippen LogP contribution in [0.4, 0.5) is 4.39 Å². The maximum absolute atomic E-state index is 14.3. The van der Waals surface area contributed by atoms with Gasteiger partial charge in [-0.25, -0.2) is 4.39 Å². The fourth-order valence-electron chi connectivity index (χ4n) is 2.96. The van der Waals surface area contributed by atoms with E-state index in [4.69, 9.17) is 15.6 Å². The predicted octanol–water partition coefficient (Wildman–Crippen LogP) is 4.36. The summed E-state index contributed by atoms with van der Waals surface area (Å²) in [5, 5.41) is 0.739. The van der Waals surface area contributed by atoms with Gasteiger partial charge in [-0.2, -0.15) is 4.99 Å². The number of amides is 1. The van der Waals surface area contributed by atoms with E-state index in [1.165, 1.54) is 22.0 Å². The van der Waals surface area contributed by atoms with Crippen molar-refractivity contribution in [3.05, 3.63) is 58.8 Å². The van der Waals surface area contributed by atoms with Gasteiger partial charge in [0.2, 0.25) is 0 Å². The molecule has 0 aliphatic carbocycles. The van der Waals surface area contributed by atoms with Gasteiger partial charge in [-0.05, 0) is 31.2 Å². The number of hydrogen-bond acceptors (Lipinski definition) is 4. The third-order valence-corrected chi connectivity index (χ3v) is 5.16. The van der Waals surface area contributed by atoms with Crippen LogP contribution in [-0.2, 0) is 6.54 Å². The molecular weight excluding hydrogens is 379 g/mol. The van der Waals surface area contributed by atoms with E-state index in [2.05, 4.69) is 10.9 Å². The normalized spacial score (nSPS) is 11.8. The van der Waals surface area contributed by atoms with Gasteiger partial charge in [0.15, 0.2) is 21.9 Å². The first-order valence-electron chi connectivity index (χ1n) is 8.58. The van der Waals surface area contributed by atoms with Gasteiger partial charge in [0.1, 0.15) is 5.82 Å². The van der Waals surface area contributed by atoms with Gasteiger partial charge in [-0.15, -0.1) is 6.42 Å². The van der Waals surface area contributed by atoms with Gasteiger partial charge in [0.25, 0.3) is 0 Å². The summed E-state index contributed by atoms with van der Waals surface area (Å²) in [5.74, 6) is 2.13. The van der Waals surface area contributed by atoms with Crippen molar-refractivity contribution in [1.82, 2.24) is 4.57 Å².